The van der Waals surface area contributed by atoms with E-state index in [0.717, 1.165) is 12.1 Å². The van der Waals surface area contributed by atoms with Gasteiger partial charge in [-0.15, -0.1) is 0 Å². The minimum Gasteiger partial charge on any atom is -0.324 e. The summed E-state index contributed by atoms with van der Waals surface area (Å²) < 4.78 is 27.0. The highest BCUT2D eigenvalue weighted by atomic mass is 19.2. The van der Waals surface area contributed by atoms with Crippen molar-refractivity contribution in [2.75, 3.05) is 0 Å². The molecule has 0 bridgehead atoms. The van der Waals surface area contributed by atoms with Crippen LogP contribution in [0.1, 0.15) is 0 Å². The van der Waals surface area contributed by atoms with Gasteiger partial charge in [-0.1, -0.05) is 0 Å². The standard InChI is InChI=1S/C10H7F2N/c11-9-4-3-8(7-10(9)12)13-5-1-2-6-13/h1-7H. The van der Waals surface area contributed by atoms with Crippen LogP contribution in [0.25, 0.3) is 5.69 Å². The first-order valence-corrected chi connectivity index (χ1v) is 3.86. The lowest BCUT2D eigenvalue weighted by Crippen LogP contribution is -1.92. The summed E-state index contributed by atoms with van der Waals surface area (Å²) in [5.74, 6) is -1.65. The van der Waals surface area contributed by atoms with E-state index in [-0.39, 0.29) is 0 Å². The van der Waals surface area contributed by atoms with Gasteiger partial charge < -0.3 is 4.57 Å². The normalized spacial score (nSPS) is 10.3. The predicted molar refractivity (Wildman–Crippen MR) is 45.7 cm³/mol. The van der Waals surface area contributed by atoms with Crippen LogP contribution in [0.3, 0.4) is 0 Å². The van der Waals surface area contributed by atoms with Gasteiger partial charge in [-0.05, 0) is 24.3 Å². The Morgan fingerprint density at radius 1 is 0.923 bits per heavy atom. The van der Waals surface area contributed by atoms with Crippen LogP contribution < -0.4 is 0 Å². The quantitative estimate of drug-likeness (QED) is 0.634. The minimum atomic E-state index is -0.828. The fourth-order valence-electron chi connectivity index (χ4n) is 1.15. The van der Waals surface area contributed by atoms with E-state index < -0.39 is 11.6 Å². The molecule has 13 heavy (non-hydrogen) atoms. The van der Waals surface area contributed by atoms with Gasteiger partial charge in [0.2, 0.25) is 0 Å². The maximum Gasteiger partial charge on any atom is 0.160 e. The molecule has 1 aromatic carbocycles. The van der Waals surface area contributed by atoms with Gasteiger partial charge in [0.05, 0.1) is 0 Å². The van der Waals surface area contributed by atoms with Crippen LogP contribution in [0.15, 0.2) is 42.7 Å². The molecule has 2 rings (SSSR count). The molecule has 0 atom stereocenters. The molecule has 3 heteroatoms. The van der Waals surface area contributed by atoms with Gasteiger partial charge in [0.25, 0.3) is 0 Å². The molecule has 66 valence electrons. The fraction of sp³-hybridized carbons (Fsp3) is 0. The summed E-state index contributed by atoms with van der Waals surface area (Å²) >= 11 is 0. The number of nitrogens with zero attached hydrogens (tertiary/aromatic N) is 1. The van der Waals surface area contributed by atoms with Gasteiger partial charge in [0.15, 0.2) is 11.6 Å². The van der Waals surface area contributed by atoms with E-state index >= 15 is 0 Å². The number of rotatable bonds is 1. The number of aromatic nitrogens is 1. The van der Waals surface area contributed by atoms with Crippen molar-refractivity contribution < 1.29 is 8.78 Å². The van der Waals surface area contributed by atoms with Crippen molar-refractivity contribution in [1.82, 2.24) is 4.57 Å². The van der Waals surface area contributed by atoms with Crippen LogP contribution in [0.2, 0.25) is 0 Å². The average Bonchev–Trinajstić information content (AvgIpc) is 2.62. The average molecular weight is 179 g/mol. The van der Waals surface area contributed by atoms with Gasteiger partial charge in [-0.3, -0.25) is 0 Å². The fourth-order valence-corrected chi connectivity index (χ4v) is 1.15. The largest absolute Gasteiger partial charge is 0.324 e. The van der Waals surface area contributed by atoms with Gasteiger partial charge in [-0.25, -0.2) is 8.78 Å². The highest BCUT2D eigenvalue weighted by Crippen LogP contribution is 2.12. The Labute approximate surface area is 74.2 Å². The van der Waals surface area contributed by atoms with E-state index in [1.807, 2.05) is 12.1 Å². The number of hydrogen-bond donors (Lipinski definition) is 0. The van der Waals surface area contributed by atoms with Crippen molar-refractivity contribution in [2.24, 2.45) is 0 Å². The molecule has 1 aromatic heterocycles. The van der Waals surface area contributed by atoms with Crippen molar-refractivity contribution in [1.29, 1.82) is 0 Å². The zero-order valence-corrected chi connectivity index (χ0v) is 6.74. The Hall–Kier alpha value is -1.64. The second-order valence-corrected chi connectivity index (χ2v) is 2.69. The minimum absolute atomic E-state index is 0.615. The van der Waals surface area contributed by atoms with Crippen molar-refractivity contribution in [3.8, 4) is 5.69 Å². The molecule has 0 aliphatic carbocycles. The zero-order valence-electron chi connectivity index (χ0n) is 6.74. The first kappa shape index (κ1) is 7.98. The molecular formula is C10H7F2N. The SMILES string of the molecule is Fc1ccc(-n2cccc2)cc1F. The monoisotopic (exact) mass is 179 g/mol. The van der Waals surface area contributed by atoms with Crippen molar-refractivity contribution in [2.45, 2.75) is 0 Å². The lowest BCUT2D eigenvalue weighted by molar-refractivity contribution is 0.508. The van der Waals surface area contributed by atoms with Crippen LogP contribution >= 0.6 is 0 Å². The molecule has 0 radical (unpaired) electrons. The zero-order chi connectivity index (χ0) is 9.26. The number of halogens is 2. The second-order valence-electron chi connectivity index (χ2n) is 2.69. The third kappa shape index (κ3) is 1.45. The van der Waals surface area contributed by atoms with Crippen molar-refractivity contribution >= 4 is 0 Å². The van der Waals surface area contributed by atoms with E-state index in [9.17, 15) is 8.78 Å². The molecular weight excluding hydrogens is 172 g/mol. The van der Waals surface area contributed by atoms with Gasteiger partial charge in [0.1, 0.15) is 0 Å². The molecule has 0 N–H and O–H groups in total. The molecule has 0 amide bonds. The molecule has 0 aliphatic heterocycles. The lowest BCUT2D eigenvalue weighted by Gasteiger charge is -2.02. The highest BCUT2D eigenvalue weighted by molar-refractivity contribution is 5.33. The summed E-state index contributed by atoms with van der Waals surface area (Å²) in [6, 6.07) is 7.45. The van der Waals surface area contributed by atoms with Crippen LogP contribution in [0.4, 0.5) is 8.78 Å². The first-order chi connectivity index (χ1) is 6.27. The summed E-state index contributed by atoms with van der Waals surface area (Å²) in [5, 5.41) is 0. The smallest absolute Gasteiger partial charge is 0.160 e. The Bertz CT molecular complexity index is 407. The topological polar surface area (TPSA) is 4.93 Å². The van der Waals surface area contributed by atoms with E-state index in [2.05, 4.69) is 0 Å². The van der Waals surface area contributed by atoms with E-state index in [4.69, 9.17) is 0 Å². The van der Waals surface area contributed by atoms with Crippen LogP contribution in [-0.2, 0) is 0 Å². The summed E-state index contributed by atoms with van der Waals surface area (Å²) in [5.41, 5.74) is 0.615. The summed E-state index contributed by atoms with van der Waals surface area (Å²) in [6.07, 6.45) is 3.54. The Morgan fingerprint density at radius 2 is 1.62 bits per heavy atom. The Balaban J connectivity index is 2.49. The van der Waals surface area contributed by atoms with Crippen molar-refractivity contribution in [3.05, 3.63) is 54.4 Å². The van der Waals surface area contributed by atoms with Gasteiger partial charge in [0, 0.05) is 24.1 Å². The molecule has 0 saturated carbocycles. The van der Waals surface area contributed by atoms with Crippen LogP contribution in [-0.4, -0.2) is 4.57 Å². The maximum atomic E-state index is 12.8. The molecule has 0 unspecified atom stereocenters. The second kappa shape index (κ2) is 3.01. The van der Waals surface area contributed by atoms with Crippen LogP contribution in [0.5, 0.6) is 0 Å². The van der Waals surface area contributed by atoms with Gasteiger partial charge >= 0.3 is 0 Å². The van der Waals surface area contributed by atoms with Crippen LogP contribution in [0, 0.1) is 11.6 Å². The summed E-state index contributed by atoms with van der Waals surface area (Å²) in [7, 11) is 0. The summed E-state index contributed by atoms with van der Waals surface area (Å²) in [4.78, 5) is 0. The van der Waals surface area contributed by atoms with Gasteiger partial charge in [-0.2, -0.15) is 0 Å². The summed E-state index contributed by atoms with van der Waals surface area (Å²) in [6.45, 7) is 0. The first-order valence-electron chi connectivity index (χ1n) is 3.86. The molecule has 0 saturated heterocycles. The van der Waals surface area contributed by atoms with E-state index in [0.29, 0.717) is 5.69 Å². The van der Waals surface area contributed by atoms with E-state index in [1.165, 1.54) is 6.07 Å². The highest BCUT2D eigenvalue weighted by Gasteiger charge is 2.02. The maximum absolute atomic E-state index is 12.8. The molecule has 0 aliphatic rings. The third-order valence-electron chi connectivity index (χ3n) is 1.81. The molecule has 1 heterocycles. The molecule has 2 aromatic rings. The van der Waals surface area contributed by atoms with Crippen molar-refractivity contribution in [3.63, 3.8) is 0 Å². The Morgan fingerprint density at radius 3 is 2.23 bits per heavy atom. The lowest BCUT2D eigenvalue weighted by atomic mass is 10.3. The third-order valence-corrected chi connectivity index (χ3v) is 1.81. The molecule has 0 spiro atoms. The number of benzene rings is 1. The molecule has 1 nitrogen and oxygen atoms in total. The number of hydrogen-bond acceptors (Lipinski definition) is 0. The predicted octanol–water partition coefficient (Wildman–Crippen LogP) is 2.76. The van der Waals surface area contributed by atoms with E-state index in [1.54, 1.807) is 17.0 Å². The Kier molecular flexibility index (Phi) is 1.85. The molecule has 0 fully saturated rings.